The normalized spacial score (nSPS) is 13.7. The van der Waals surface area contributed by atoms with E-state index in [1.807, 2.05) is 6.07 Å². The van der Waals surface area contributed by atoms with Crippen LogP contribution in [0.2, 0.25) is 0 Å². The molecule has 0 fully saturated rings. The van der Waals surface area contributed by atoms with Crippen LogP contribution in [0, 0.1) is 12.7 Å². The van der Waals surface area contributed by atoms with Crippen LogP contribution in [0.5, 0.6) is 5.75 Å². The van der Waals surface area contributed by atoms with Gasteiger partial charge in [0.1, 0.15) is 11.6 Å². The van der Waals surface area contributed by atoms with E-state index in [1.165, 1.54) is 23.3 Å². The molecule has 0 saturated carbocycles. The van der Waals surface area contributed by atoms with Gasteiger partial charge in [-0.25, -0.2) is 4.39 Å². The van der Waals surface area contributed by atoms with E-state index in [9.17, 15) is 4.39 Å². The number of hydrogen-bond acceptors (Lipinski definition) is 3. The van der Waals surface area contributed by atoms with E-state index in [4.69, 9.17) is 9.47 Å². The minimum atomic E-state index is -0.269. The quantitative estimate of drug-likeness (QED) is 0.638. The molecule has 6 heteroatoms. The fourth-order valence-corrected chi connectivity index (χ4v) is 2.99. The first-order chi connectivity index (χ1) is 12.7. The number of benzene rings is 2. The van der Waals surface area contributed by atoms with Crippen molar-refractivity contribution in [3.63, 3.8) is 0 Å². The largest absolute Gasteiger partial charge is 0.467 e. The lowest BCUT2D eigenvalue weighted by atomic mass is 10.1. The third-order valence-corrected chi connectivity index (χ3v) is 4.20. The molecule has 0 atom stereocenters. The van der Waals surface area contributed by atoms with Crippen LogP contribution in [0.1, 0.15) is 22.3 Å². The fraction of sp³-hybridized carbons (Fsp3) is 0.350. The van der Waals surface area contributed by atoms with Gasteiger partial charge in [0.15, 0.2) is 12.8 Å². The highest BCUT2D eigenvalue weighted by atomic mass is 19.1. The molecule has 2 aromatic rings. The highest BCUT2D eigenvalue weighted by Gasteiger charge is 2.16. The summed E-state index contributed by atoms with van der Waals surface area (Å²) in [4.78, 5) is 4.23. The van der Waals surface area contributed by atoms with Crippen LogP contribution in [-0.2, 0) is 24.3 Å². The summed E-state index contributed by atoms with van der Waals surface area (Å²) >= 11 is 0. The van der Waals surface area contributed by atoms with Gasteiger partial charge in [0.05, 0.1) is 6.61 Å². The average Bonchev–Trinajstić information content (AvgIpc) is 2.64. The van der Waals surface area contributed by atoms with E-state index >= 15 is 0 Å². The van der Waals surface area contributed by atoms with Gasteiger partial charge in [0.2, 0.25) is 0 Å². The Bertz CT molecular complexity index is 793. The molecule has 0 unspecified atom stereocenters. The summed E-state index contributed by atoms with van der Waals surface area (Å²) in [6.45, 7) is 3.97. The van der Waals surface area contributed by atoms with Crippen LogP contribution < -0.4 is 15.4 Å². The molecule has 2 aromatic carbocycles. The van der Waals surface area contributed by atoms with Crippen molar-refractivity contribution in [2.45, 2.75) is 26.5 Å². The predicted molar refractivity (Wildman–Crippen MR) is 99.8 cm³/mol. The summed E-state index contributed by atoms with van der Waals surface area (Å²) in [7, 11) is 1.73. The maximum absolute atomic E-state index is 13.8. The zero-order valence-electron chi connectivity index (χ0n) is 15.1. The maximum Gasteiger partial charge on any atom is 0.191 e. The molecule has 0 radical (unpaired) electrons. The number of rotatable bonds is 5. The molecule has 138 valence electrons. The molecule has 2 N–H and O–H groups in total. The van der Waals surface area contributed by atoms with Crippen LogP contribution in [0.4, 0.5) is 4.39 Å². The maximum atomic E-state index is 13.8. The monoisotopic (exact) mass is 357 g/mol. The standard InChI is InChI=1S/C20H24FN3O2/c1-14-4-3-5-15(8-14)11-24-20(22-2)23-7-6-16-9-18(21)10-17-12-25-13-26-19(16)17/h3-5,8-10H,6-7,11-13H2,1-2H3,(H2,22,23,24). The molecule has 0 spiro atoms. The first-order valence-electron chi connectivity index (χ1n) is 8.67. The lowest BCUT2D eigenvalue weighted by Crippen LogP contribution is -2.38. The highest BCUT2D eigenvalue weighted by molar-refractivity contribution is 5.79. The molecule has 26 heavy (non-hydrogen) atoms. The van der Waals surface area contributed by atoms with Gasteiger partial charge in [-0.15, -0.1) is 0 Å². The van der Waals surface area contributed by atoms with Crippen molar-refractivity contribution in [2.24, 2.45) is 4.99 Å². The van der Waals surface area contributed by atoms with Gasteiger partial charge < -0.3 is 20.1 Å². The van der Waals surface area contributed by atoms with Crippen molar-refractivity contribution in [1.82, 2.24) is 10.6 Å². The molecular formula is C20H24FN3O2. The summed E-state index contributed by atoms with van der Waals surface area (Å²) in [5.41, 5.74) is 4.02. The zero-order valence-corrected chi connectivity index (χ0v) is 15.1. The number of hydrogen-bond donors (Lipinski definition) is 2. The molecule has 1 aliphatic heterocycles. The summed E-state index contributed by atoms with van der Waals surface area (Å²) in [6.07, 6.45) is 0.630. The van der Waals surface area contributed by atoms with Gasteiger partial charge in [0.25, 0.3) is 0 Å². The van der Waals surface area contributed by atoms with Crippen molar-refractivity contribution in [3.8, 4) is 5.75 Å². The minimum absolute atomic E-state index is 0.207. The van der Waals surface area contributed by atoms with Crippen LogP contribution in [-0.4, -0.2) is 26.3 Å². The average molecular weight is 357 g/mol. The van der Waals surface area contributed by atoms with Gasteiger partial charge >= 0.3 is 0 Å². The van der Waals surface area contributed by atoms with E-state index in [-0.39, 0.29) is 12.6 Å². The number of aryl methyl sites for hydroxylation is 1. The SMILES string of the molecule is CN=C(NCCc1cc(F)cc2c1OCOC2)NCc1cccc(C)c1. The number of nitrogens with one attached hydrogen (secondary N) is 2. The van der Waals surface area contributed by atoms with Crippen LogP contribution in [0.15, 0.2) is 41.4 Å². The van der Waals surface area contributed by atoms with E-state index in [0.29, 0.717) is 32.1 Å². The zero-order chi connectivity index (χ0) is 18.4. The number of halogens is 1. The summed E-state index contributed by atoms with van der Waals surface area (Å²) in [5.74, 6) is 1.18. The number of fused-ring (bicyclic) bond motifs is 1. The van der Waals surface area contributed by atoms with Gasteiger partial charge in [-0.3, -0.25) is 4.99 Å². The van der Waals surface area contributed by atoms with Crippen LogP contribution in [0.3, 0.4) is 0 Å². The van der Waals surface area contributed by atoms with Crippen molar-refractivity contribution in [1.29, 1.82) is 0 Å². The first kappa shape index (κ1) is 18.2. The molecule has 0 bridgehead atoms. The molecule has 5 nitrogen and oxygen atoms in total. The minimum Gasteiger partial charge on any atom is -0.467 e. The number of ether oxygens (including phenoxy) is 2. The number of aliphatic imine (C=N–C) groups is 1. The van der Waals surface area contributed by atoms with Gasteiger partial charge in [-0.2, -0.15) is 0 Å². The third-order valence-electron chi connectivity index (χ3n) is 4.20. The third kappa shape index (κ3) is 4.73. The molecule has 0 amide bonds. The summed E-state index contributed by atoms with van der Waals surface area (Å²) < 4.78 is 24.5. The molecule has 0 aliphatic carbocycles. The van der Waals surface area contributed by atoms with Crippen LogP contribution >= 0.6 is 0 Å². The number of nitrogens with zero attached hydrogens (tertiary/aromatic N) is 1. The second-order valence-corrected chi connectivity index (χ2v) is 6.26. The topological polar surface area (TPSA) is 54.9 Å². The Morgan fingerprint density at radius 1 is 1.23 bits per heavy atom. The van der Waals surface area contributed by atoms with Crippen molar-refractivity contribution in [2.75, 3.05) is 20.4 Å². The first-order valence-corrected chi connectivity index (χ1v) is 8.67. The second-order valence-electron chi connectivity index (χ2n) is 6.26. The molecule has 1 aliphatic rings. The molecule has 0 aromatic heterocycles. The van der Waals surface area contributed by atoms with E-state index in [2.05, 4.69) is 40.7 Å². The van der Waals surface area contributed by atoms with Gasteiger partial charge in [-0.1, -0.05) is 29.8 Å². The van der Waals surface area contributed by atoms with E-state index < -0.39 is 0 Å². The van der Waals surface area contributed by atoms with E-state index in [0.717, 1.165) is 16.9 Å². The van der Waals surface area contributed by atoms with Crippen molar-refractivity contribution in [3.05, 3.63) is 64.5 Å². The Hall–Kier alpha value is -2.60. The molecule has 3 rings (SSSR count). The Morgan fingerprint density at radius 3 is 2.92 bits per heavy atom. The van der Waals surface area contributed by atoms with Crippen molar-refractivity contribution >= 4 is 5.96 Å². The van der Waals surface area contributed by atoms with Crippen molar-refractivity contribution < 1.29 is 13.9 Å². The molecular weight excluding hydrogens is 333 g/mol. The Labute approximate surface area is 153 Å². The Balaban J connectivity index is 1.54. The van der Waals surface area contributed by atoms with Gasteiger partial charge in [-0.05, 0) is 36.6 Å². The predicted octanol–water partition coefficient (Wildman–Crippen LogP) is 2.91. The molecule has 1 heterocycles. The van der Waals surface area contributed by atoms with Gasteiger partial charge in [0, 0.05) is 25.7 Å². The van der Waals surface area contributed by atoms with Crippen LogP contribution in [0.25, 0.3) is 0 Å². The second kappa shape index (κ2) is 8.67. The Morgan fingerprint density at radius 2 is 2.12 bits per heavy atom. The lowest BCUT2D eigenvalue weighted by molar-refractivity contribution is -0.0172. The smallest absolute Gasteiger partial charge is 0.191 e. The lowest BCUT2D eigenvalue weighted by Gasteiger charge is -2.21. The molecule has 0 saturated heterocycles. The van der Waals surface area contributed by atoms with E-state index in [1.54, 1.807) is 7.05 Å². The fourth-order valence-electron chi connectivity index (χ4n) is 2.99. The highest BCUT2D eigenvalue weighted by Crippen LogP contribution is 2.29. The number of guanidine groups is 1. The summed E-state index contributed by atoms with van der Waals surface area (Å²) in [6, 6.07) is 11.3. The Kier molecular flexibility index (Phi) is 6.07. The summed E-state index contributed by atoms with van der Waals surface area (Å²) in [5, 5.41) is 6.55.